The van der Waals surface area contributed by atoms with Crippen LogP contribution in [-0.2, 0) is 6.54 Å². The molecule has 0 aromatic heterocycles. The Morgan fingerprint density at radius 2 is 1.93 bits per heavy atom. The van der Waals surface area contributed by atoms with Crippen LogP contribution in [-0.4, -0.2) is 79.2 Å². The minimum Gasteiger partial charge on any atom is -0.497 e. The first-order valence-electron chi connectivity index (χ1n) is 10.2. The molecule has 160 valence electrons. The van der Waals surface area contributed by atoms with Crippen molar-refractivity contribution in [1.82, 2.24) is 9.80 Å². The van der Waals surface area contributed by atoms with Gasteiger partial charge in [-0.1, -0.05) is 20.8 Å². The van der Waals surface area contributed by atoms with E-state index in [1.165, 1.54) is 0 Å². The minimum atomic E-state index is -0.558. The van der Waals surface area contributed by atoms with Crippen LogP contribution in [0.15, 0.2) is 18.2 Å². The van der Waals surface area contributed by atoms with Crippen LogP contribution in [0.1, 0.15) is 39.2 Å². The number of rotatable bonds is 9. The lowest BCUT2D eigenvalue weighted by Gasteiger charge is -2.31. The first-order valence-corrected chi connectivity index (χ1v) is 10.2. The third kappa shape index (κ3) is 7.95. The van der Waals surface area contributed by atoms with Gasteiger partial charge in [0.2, 0.25) is 0 Å². The Bertz CT molecular complexity index is 595. The molecule has 0 bridgehead atoms. The summed E-state index contributed by atoms with van der Waals surface area (Å²) in [5.41, 5.74) is 1.27. The summed E-state index contributed by atoms with van der Waals surface area (Å²) in [6.45, 7) is 10.9. The number of hydrogen-bond acceptors (Lipinski definition) is 6. The van der Waals surface area contributed by atoms with E-state index in [1.807, 2.05) is 18.2 Å². The Kier molecular flexibility index (Phi) is 8.56. The molecule has 6 heteroatoms. The molecule has 0 aliphatic carbocycles. The summed E-state index contributed by atoms with van der Waals surface area (Å²) in [6.07, 6.45) is 0.793. The van der Waals surface area contributed by atoms with Crippen molar-refractivity contribution in [2.45, 2.75) is 52.4 Å². The molecule has 2 N–H and O–H groups in total. The van der Waals surface area contributed by atoms with Crippen molar-refractivity contribution < 1.29 is 19.7 Å². The van der Waals surface area contributed by atoms with Gasteiger partial charge in [0.15, 0.2) is 0 Å². The van der Waals surface area contributed by atoms with Crippen molar-refractivity contribution >= 4 is 0 Å². The van der Waals surface area contributed by atoms with Gasteiger partial charge in [-0.3, -0.25) is 0 Å². The fourth-order valence-electron chi connectivity index (χ4n) is 3.74. The number of methoxy groups -OCH3 is 1. The third-order valence-electron chi connectivity index (χ3n) is 4.91. The summed E-state index contributed by atoms with van der Waals surface area (Å²) in [5.74, 6) is 1.59. The highest BCUT2D eigenvalue weighted by atomic mass is 16.5. The summed E-state index contributed by atoms with van der Waals surface area (Å²) in [5, 5.41) is 20.0. The molecule has 1 heterocycles. The zero-order valence-corrected chi connectivity index (χ0v) is 18.1. The Morgan fingerprint density at radius 3 is 2.54 bits per heavy atom. The average Bonchev–Trinajstić information content (AvgIpc) is 2.61. The second-order valence-corrected chi connectivity index (χ2v) is 9.20. The van der Waals surface area contributed by atoms with Crippen LogP contribution in [0.3, 0.4) is 0 Å². The van der Waals surface area contributed by atoms with E-state index in [9.17, 15) is 10.2 Å². The number of benzene rings is 1. The maximum atomic E-state index is 10.4. The third-order valence-corrected chi connectivity index (χ3v) is 4.91. The molecule has 1 saturated heterocycles. The van der Waals surface area contributed by atoms with Gasteiger partial charge < -0.3 is 29.5 Å². The topological polar surface area (TPSA) is 65.4 Å². The van der Waals surface area contributed by atoms with E-state index in [-0.39, 0.29) is 18.1 Å². The van der Waals surface area contributed by atoms with E-state index in [4.69, 9.17) is 9.47 Å². The zero-order chi connectivity index (χ0) is 20.7. The number of nitrogens with zero attached hydrogens (tertiary/aromatic N) is 2. The fraction of sp³-hybridized carbons (Fsp3) is 0.727. The summed E-state index contributed by atoms with van der Waals surface area (Å²) in [7, 11) is 3.77. The highest BCUT2D eigenvalue weighted by Gasteiger charge is 2.20. The van der Waals surface area contributed by atoms with Gasteiger partial charge in [0.05, 0.1) is 13.2 Å². The summed E-state index contributed by atoms with van der Waals surface area (Å²) >= 11 is 0. The molecular weight excluding hydrogens is 356 g/mol. The van der Waals surface area contributed by atoms with Crippen LogP contribution in [0.25, 0.3) is 0 Å². The largest absolute Gasteiger partial charge is 0.497 e. The molecule has 1 atom stereocenters. The van der Waals surface area contributed by atoms with Crippen molar-refractivity contribution in [3.8, 4) is 11.5 Å². The van der Waals surface area contributed by atoms with Crippen LogP contribution < -0.4 is 9.47 Å². The van der Waals surface area contributed by atoms with Crippen LogP contribution in [0.2, 0.25) is 0 Å². The molecule has 1 fully saturated rings. The van der Waals surface area contributed by atoms with E-state index in [0.717, 1.165) is 56.1 Å². The molecule has 1 aromatic carbocycles. The molecule has 1 aliphatic heterocycles. The van der Waals surface area contributed by atoms with Gasteiger partial charge in [-0.25, -0.2) is 0 Å². The standard InChI is InChI=1S/C22H38N2O4/c1-22(2,3)16-23(4)13-17-12-20(27-5)6-7-21(17)28-15-19(26)14-24-10-8-18(25)9-11-24/h6-7,12,18-19,25-26H,8-11,13-16H2,1-5H3/t19-/m0/s1. The highest BCUT2D eigenvalue weighted by Crippen LogP contribution is 2.27. The van der Waals surface area contributed by atoms with Gasteiger partial charge in [0.25, 0.3) is 0 Å². The molecule has 28 heavy (non-hydrogen) atoms. The Labute approximate surface area is 170 Å². The second-order valence-electron chi connectivity index (χ2n) is 9.20. The zero-order valence-electron chi connectivity index (χ0n) is 18.1. The maximum absolute atomic E-state index is 10.4. The van der Waals surface area contributed by atoms with E-state index >= 15 is 0 Å². The minimum absolute atomic E-state index is 0.198. The fourth-order valence-corrected chi connectivity index (χ4v) is 3.74. The van der Waals surface area contributed by atoms with Crippen molar-refractivity contribution in [3.63, 3.8) is 0 Å². The lowest BCUT2D eigenvalue weighted by Crippen LogP contribution is -2.41. The number of aliphatic hydroxyl groups is 2. The van der Waals surface area contributed by atoms with Crippen molar-refractivity contribution in [1.29, 1.82) is 0 Å². The molecule has 2 rings (SSSR count). The van der Waals surface area contributed by atoms with Crippen molar-refractivity contribution in [2.24, 2.45) is 5.41 Å². The van der Waals surface area contributed by atoms with Crippen LogP contribution in [0, 0.1) is 5.41 Å². The number of ether oxygens (including phenoxy) is 2. The van der Waals surface area contributed by atoms with E-state index in [1.54, 1.807) is 7.11 Å². The Hall–Kier alpha value is -1.34. The number of hydrogen-bond donors (Lipinski definition) is 2. The lowest BCUT2D eigenvalue weighted by molar-refractivity contribution is 0.0335. The molecule has 0 amide bonds. The number of likely N-dealkylation sites (tertiary alicyclic amines) is 1. The van der Waals surface area contributed by atoms with Crippen LogP contribution in [0.5, 0.6) is 11.5 Å². The van der Waals surface area contributed by atoms with Gasteiger partial charge in [-0.05, 0) is 43.5 Å². The molecule has 1 aromatic rings. The molecule has 0 radical (unpaired) electrons. The van der Waals surface area contributed by atoms with E-state index < -0.39 is 6.10 Å². The van der Waals surface area contributed by atoms with Crippen molar-refractivity contribution in [2.75, 3.05) is 46.9 Å². The van der Waals surface area contributed by atoms with Gasteiger partial charge in [-0.2, -0.15) is 0 Å². The van der Waals surface area contributed by atoms with Gasteiger partial charge >= 0.3 is 0 Å². The molecular formula is C22H38N2O4. The molecule has 0 saturated carbocycles. The monoisotopic (exact) mass is 394 g/mol. The van der Waals surface area contributed by atoms with Crippen molar-refractivity contribution in [3.05, 3.63) is 23.8 Å². The van der Waals surface area contributed by atoms with Gasteiger partial charge in [0, 0.05) is 38.3 Å². The SMILES string of the molecule is COc1ccc(OC[C@@H](O)CN2CCC(O)CC2)c(CN(C)CC(C)(C)C)c1. The number of β-amino-alcohol motifs (C(OH)–C–C–N with tert-alkyl or cyclic N) is 1. The smallest absolute Gasteiger partial charge is 0.124 e. The van der Waals surface area contributed by atoms with E-state index in [0.29, 0.717) is 6.54 Å². The Morgan fingerprint density at radius 1 is 1.25 bits per heavy atom. The molecule has 1 aliphatic rings. The predicted molar refractivity (Wildman–Crippen MR) is 112 cm³/mol. The summed E-state index contributed by atoms with van der Waals surface area (Å²) < 4.78 is 11.4. The van der Waals surface area contributed by atoms with Gasteiger partial charge in [0.1, 0.15) is 24.2 Å². The quantitative estimate of drug-likeness (QED) is 0.670. The number of aliphatic hydroxyl groups excluding tert-OH is 2. The predicted octanol–water partition coefficient (Wildman–Crippen LogP) is 2.37. The van der Waals surface area contributed by atoms with Crippen LogP contribution >= 0.6 is 0 Å². The van der Waals surface area contributed by atoms with Gasteiger partial charge in [-0.15, -0.1) is 0 Å². The first kappa shape index (κ1) is 22.9. The summed E-state index contributed by atoms with van der Waals surface area (Å²) in [4.78, 5) is 4.46. The molecule has 6 nitrogen and oxygen atoms in total. The highest BCUT2D eigenvalue weighted by molar-refractivity contribution is 5.40. The second kappa shape index (κ2) is 10.4. The molecule has 0 spiro atoms. The Balaban J connectivity index is 1.94. The lowest BCUT2D eigenvalue weighted by atomic mass is 9.96. The maximum Gasteiger partial charge on any atom is 0.124 e. The van der Waals surface area contributed by atoms with Crippen LogP contribution in [0.4, 0.5) is 0 Å². The first-order chi connectivity index (χ1) is 13.2. The number of piperidine rings is 1. The normalized spacial score (nSPS) is 17.7. The average molecular weight is 395 g/mol. The molecule has 0 unspecified atom stereocenters. The van der Waals surface area contributed by atoms with E-state index in [2.05, 4.69) is 37.6 Å². The summed E-state index contributed by atoms with van der Waals surface area (Å²) in [6, 6.07) is 5.82.